The molecule has 0 spiro atoms. The molecule has 1 aromatic carbocycles. The summed E-state index contributed by atoms with van der Waals surface area (Å²) >= 11 is 0. The number of rotatable bonds is 10. The topological polar surface area (TPSA) is 73.4 Å². The first kappa shape index (κ1) is 33.4. The standard InChI is InChI=1S/C33H56N4O4S/c1-24(2)27-20-30(25(3)4)33(31(21-27)26(5)6)42(39,40)37-13-9-8-10-29(37)22-41-23-32(38)36-18-16-35(17-19-36)28-11-14-34(7)15-12-28/h20-21,24-26,28-29H,8-19,22-23H2,1-7H3. The van der Waals surface area contributed by atoms with E-state index in [0.29, 0.717) is 23.4 Å². The molecule has 8 nitrogen and oxygen atoms in total. The van der Waals surface area contributed by atoms with Crippen LogP contribution in [0.5, 0.6) is 0 Å². The van der Waals surface area contributed by atoms with Gasteiger partial charge in [-0.1, -0.05) is 60.1 Å². The molecule has 1 amide bonds. The van der Waals surface area contributed by atoms with Crippen molar-refractivity contribution in [2.45, 2.75) is 108 Å². The van der Waals surface area contributed by atoms with Crippen molar-refractivity contribution in [2.24, 2.45) is 0 Å². The van der Waals surface area contributed by atoms with Crippen molar-refractivity contribution < 1.29 is 17.9 Å². The average Bonchev–Trinajstić information content (AvgIpc) is 2.97. The maximum Gasteiger partial charge on any atom is 0.248 e. The summed E-state index contributed by atoms with van der Waals surface area (Å²) in [5.41, 5.74) is 3.00. The molecule has 1 aromatic rings. The van der Waals surface area contributed by atoms with E-state index in [1.54, 1.807) is 4.31 Å². The Kier molecular flexibility index (Phi) is 11.5. The SMILES string of the molecule is CC(C)c1cc(C(C)C)c(S(=O)(=O)N2CCCCC2COCC(=O)N2CCN(C3CCN(C)CC3)CC2)c(C(C)C)c1. The smallest absolute Gasteiger partial charge is 0.248 e. The van der Waals surface area contributed by atoms with E-state index in [-0.39, 0.29) is 37.0 Å². The quantitative estimate of drug-likeness (QED) is 0.380. The van der Waals surface area contributed by atoms with Crippen molar-refractivity contribution in [3.05, 3.63) is 28.8 Å². The summed E-state index contributed by atoms with van der Waals surface area (Å²) in [4.78, 5) is 20.4. The van der Waals surface area contributed by atoms with Crippen LogP contribution in [-0.4, -0.2) is 111 Å². The number of hydrogen-bond donors (Lipinski definition) is 0. The molecular weight excluding hydrogens is 548 g/mol. The van der Waals surface area contributed by atoms with Crippen LogP contribution in [0.15, 0.2) is 17.0 Å². The summed E-state index contributed by atoms with van der Waals surface area (Å²) in [5.74, 6) is 0.505. The molecule has 3 fully saturated rings. The minimum atomic E-state index is -3.75. The lowest BCUT2D eigenvalue weighted by Crippen LogP contribution is -2.54. The first-order chi connectivity index (χ1) is 19.9. The number of carbonyl (C=O) groups is 1. The summed E-state index contributed by atoms with van der Waals surface area (Å²) in [6.07, 6.45) is 4.96. The summed E-state index contributed by atoms with van der Waals surface area (Å²) in [6, 6.07) is 4.58. The Morgan fingerprint density at radius 1 is 0.833 bits per heavy atom. The molecule has 3 saturated heterocycles. The van der Waals surface area contributed by atoms with Crippen LogP contribution in [0.1, 0.15) is 108 Å². The zero-order valence-electron chi connectivity index (χ0n) is 27.3. The van der Waals surface area contributed by atoms with Gasteiger partial charge in [0, 0.05) is 44.8 Å². The molecule has 238 valence electrons. The molecule has 0 aliphatic carbocycles. The van der Waals surface area contributed by atoms with Gasteiger partial charge in [-0.05, 0) is 80.3 Å². The zero-order valence-corrected chi connectivity index (χ0v) is 28.1. The molecule has 9 heteroatoms. The van der Waals surface area contributed by atoms with Crippen molar-refractivity contribution in [3.63, 3.8) is 0 Å². The van der Waals surface area contributed by atoms with Gasteiger partial charge in [-0.15, -0.1) is 0 Å². The van der Waals surface area contributed by atoms with Gasteiger partial charge in [-0.25, -0.2) is 8.42 Å². The van der Waals surface area contributed by atoms with Crippen LogP contribution in [-0.2, 0) is 19.6 Å². The number of nitrogens with zero attached hydrogens (tertiary/aromatic N) is 4. The van der Waals surface area contributed by atoms with E-state index in [4.69, 9.17) is 4.74 Å². The number of likely N-dealkylation sites (tertiary alicyclic amines) is 1. The molecular formula is C33H56N4O4S. The molecule has 0 saturated carbocycles. The second-order valence-corrected chi connectivity index (χ2v) is 15.6. The highest BCUT2D eigenvalue weighted by atomic mass is 32.2. The van der Waals surface area contributed by atoms with Gasteiger partial charge in [0.15, 0.2) is 0 Å². The fourth-order valence-electron chi connectivity index (χ4n) is 6.83. The Morgan fingerprint density at radius 2 is 1.43 bits per heavy atom. The Labute approximate surface area is 255 Å². The van der Waals surface area contributed by atoms with Gasteiger partial charge in [0.1, 0.15) is 6.61 Å². The monoisotopic (exact) mass is 604 g/mol. The minimum absolute atomic E-state index is 0.0101. The van der Waals surface area contributed by atoms with Crippen molar-refractivity contribution >= 4 is 15.9 Å². The maximum atomic E-state index is 14.4. The maximum absolute atomic E-state index is 14.4. The van der Waals surface area contributed by atoms with E-state index in [2.05, 4.69) is 70.5 Å². The normalized spacial score (nSPS) is 22.5. The molecule has 0 bridgehead atoms. The van der Waals surface area contributed by atoms with Crippen LogP contribution < -0.4 is 0 Å². The van der Waals surface area contributed by atoms with Crippen LogP contribution in [0.3, 0.4) is 0 Å². The largest absolute Gasteiger partial charge is 0.370 e. The Balaban J connectivity index is 1.40. The van der Waals surface area contributed by atoms with E-state index in [0.717, 1.165) is 69.7 Å². The van der Waals surface area contributed by atoms with E-state index < -0.39 is 10.0 Å². The van der Waals surface area contributed by atoms with E-state index in [9.17, 15) is 13.2 Å². The molecule has 42 heavy (non-hydrogen) atoms. The molecule has 3 aliphatic heterocycles. The predicted octanol–water partition coefficient (Wildman–Crippen LogP) is 4.86. The molecule has 0 aromatic heterocycles. The second-order valence-electron chi connectivity index (χ2n) is 13.7. The van der Waals surface area contributed by atoms with Crippen molar-refractivity contribution in [3.8, 4) is 0 Å². The first-order valence-corrected chi connectivity index (χ1v) is 17.8. The summed E-state index contributed by atoms with van der Waals surface area (Å²) in [7, 11) is -1.56. The number of piperidine rings is 2. The van der Waals surface area contributed by atoms with Gasteiger partial charge >= 0.3 is 0 Å². The number of carbonyl (C=O) groups excluding carboxylic acids is 1. The average molecular weight is 605 g/mol. The lowest BCUT2D eigenvalue weighted by atomic mass is 9.89. The summed E-state index contributed by atoms with van der Waals surface area (Å²) in [5, 5.41) is 0. The molecule has 3 aliphatic rings. The number of hydrogen-bond acceptors (Lipinski definition) is 6. The minimum Gasteiger partial charge on any atom is -0.370 e. The van der Waals surface area contributed by atoms with Crippen LogP contribution >= 0.6 is 0 Å². The highest BCUT2D eigenvalue weighted by Crippen LogP contribution is 2.38. The highest BCUT2D eigenvalue weighted by Gasteiger charge is 2.38. The lowest BCUT2D eigenvalue weighted by Gasteiger charge is -2.42. The number of benzene rings is 1. The Morgan fingerprint density at radius 3 is 1.98 bits per heavy atom. The van der Waals surface area contributed by atoms with Crippen molar-refractivity contribution in [1.29, 1.82) is 0 Å². The third-order valence-electron chi connectivity index (χ3n) is 9.63. The van der Waals surface area contributed by atoms with Gasteiger partial charge < -0.3 is 14.5 Å². The van der Waals surface area contributed by atoms with Crippen LogP contribution in [0.25, 0.3) is 0 Å². The van der Waals surface area contributed by atoms with Crippen LogP contribution in [0.4, 0.5) is 0 Å². The number of piperazine rings is 1. The number of amides is 1. The van der Waals surface area contributed by atoms with Gasteiger partial charge in [0.25, 0.3) is 0 Å². The molecule has 1 atom stereocenters. The third kappa shape index (κ3) is 7.76. The first-order valence-electron chi connectivity index (χ1n) is 16.4. The highest BCUT2D eigenvalue weighted by molar-refractivity contribution is 7.89. The lowest BCUT2D eigenvalue weighted by molar-refractivity contribution is -0.138. The second kappa shape index (κ2) is 14.5. The molecule has 0 N–H and O–H groups in total. The van der Waals surface area contributed by atoms with E-state index in [1.807, 2.05) is 4.90 Å². The molecule has 0 radical (unpaired) electrons. The number of ether oxygens (including phenoxy) is 1. The van der Waals surface area contributed by atoms with Crippen LogP contribution in [0, 0.1) is 0 Å². The van der Waals surface area contributed by atoms with Gasteiger partial charge in [-0.3, -0.25) is 9.69 Å². The van der Waals surface area contributed by atoms with Crippen molar-refractivity contribution in [2.75, 3.05) is 66.1 Å². The fraction of sp³-hybridized carbons (Fsp3) is 0.788. The van der Waals surface area contributed by atoms with Gasteiger partial charge in [-0.2, -0.15) is 4.31 Å². The summed E-state index contributed by atoms with van der Waals surface area (Å²) in [6.45, 7) is 19.0. The van der Waals surface area contributed by atoms with Gasteiger partial charge in [0.2, 0.25) is 15.9 Å². The van der Waals surface area contributed by atoms with E-state index in [1.165, 1.54) is 18.4 Å². The number of sulfonamides is 1. The Bertz CT molecular complexity index is 1120. The van der Waals surface area contributed by atoms with Crippen molar-refractivity contribution in [1.82, 2.24) is 19.0 Å². The van der Waals surface area contributed by atoms with Gasteiger partial charge in [0.05, 0.1) is 11.5 Å². The van der Waals surface area contributed by atoms with Crippen LogP contribution in [0.2, 0.25) is 0 Å². The fourth-order valence-corrected chi connectivity index (χ4v) is 9.18. The third-order valence-corrected chi connectivity index (χ3v) is 11.7. The molecule has 3 heterocycles. The molecule has 4 rings (SSSR count). The zero-order chi connectivity index (χ0) is 30.6. The predicted molar refractivity (Wildman–Crippen MR) is 170 cm³/mol. The molecule has 1 unspecified atom stereocenters. The van der Waals surface area contributed by atoms with E-state index >= 15 is 0 Å². The summed E-state index contributed by atoms with van der Waals surface area (Å²) < 4.78 is 36.6. The Hall–Kier alpha value is -1.52.